The molecule has 2 nitrogen and oxygen atoms in total. The minimum absolute atomic E-state index is 0.595. The van der Waals surface area contributed by atoms with Crippen molar-refractivity contribution in [2.75, 3.05) is 6.26 Å². The third-order valence-electron chi connectivity index (χ3n) is 3.72. The topological polar surface area (TPSA) is 35.8 Å². The van der Waals surface area contributed by atoms with E-state index < -0.39 is 0 Å². The molecule has 1 aromatic carbocycles. The molecular weight excluding hydrogens is 276 g/mol. The molecule has 1 saturated carbocycles. The first kappa shape index (κ1) is 14.7. The van der Waals surface area contributed by atoms with Crippen molar-refractivity contribution in [3.05, 3.63) is 34.3 Å². The van der Waals surface area contributed by atoms with Crippen LogP contribution in [0.2, 0.25) is 5.02 Å². The van der Waals surface area contributed by atoms with Gasteiger partial charge in [0.2, 0.25) is 0 Å². The predicted molar refractivity (Wildman–Crippen MR) is 82.6 cm³/mol. The van der Waals surface area contributed by atoms with E-state index in [-0.39, 0.29) is 0 Å². The van der Waals surface area contributed by atoms with Gasteiger partial charge >= 0.3 is 0 Å². The van der Waals surface area contributed by atoms with Gasteiger partial charge in [-0.2, -0.15) is 17.0 Å². The third kappa shape index (κ3) is 4.14. The van der Waals surface area contributed by atoms with Crippen molar-refractivity contribution in [3.8, 4) is 6.07 Å². The highest BCUT2D eigenvalue weighted by Crippen LogP contribution is 2.27. The number of hydrogen-bond donors (Lipinski definition) is 1. The largest absolute Gasteiger partial charge is 0.310 e. The van der Waals surface area contributed by atoms with Crippen LogP contribution in [-0.2, 0) is 6.54 Å². The van der Waals surface area contributed by atoms with Gasteiger partial charge < -0.3 is 5.32 Å². The number of nitriles is 1. The first-order valence-electron chi connectivity index (χ1n) is 6.67. The lowest BCUT2D eigenvalue weighted by molar-refractivity contribution is 0.380. The molecule has 0 heterocycles. The summed E-state index contributed by atoms with van der Waals surface area (Å²) in [5.74, 6) is 0. The minimum atomic E-state index is 0.595. The van der Waals surface area contributed by atoms with Crippen LogP contribution in [0.15, 0.2) is 18.2 Å². The summed E-state index contributed by atoms with van der Waals surface area (Å²) in [6, 6.07) is 8.22. The highest BCUT2D eigenvalue weighted by molar-refractivity contribution is 7.99. The fourth-order valence-electron chi connectivity index (χ4n) is 2.56. The molecule has 1 fully saturated rings. The molecule has 0 amide bonds. The van der Waals surface area contributed by atoms with E-state index in [1.807, 2.05) is 23.9 Å². The highest BCUT2D eigenvalue weighted by atomic mass is 35.5. The van der Waals surface area contributed by atoms with Gasteiger partial charge in [-0.05, 0) is 43.2 Å². The fraction of sp³-hybridized carbons (Fsp3) is 0.533. The van der Waals surface area contributed by atoms with Crippen LogP contribution in [0.25, 0.3) is 0 Å². The number of nitrogens with zero attached hydrogens (tertiary/aromatic N) is 1. The average Bonchev–Trinajstić information content (AvgIpc) is 2.46. The maximum absolute atomic E-state index is 8.82. The van der Waals surface area contributed by atoms with Gasteiger partial charge in [0.1, 0.15) is 0 Å². The molecule has 0 radical (unpaired) electrons. The number of halogens is 1. The molecule has 0 aromatic heterocycles. The summed E-state index contributed by atoms with van der Waals surface area (Å²) in [6.45, 7) is 0.788. The van der Waals surface area contributed by atoms with E-state index in [4.69, 9.17) is 16.9 Å². The van der Waals surface area contributed by atoms with Crippen molar-refractivity contribution in [2.45, 2.75) is 43.5 Å². The Hall–Kier alpha value is -0.690. The molecule has 19 heavy (non-hydrogen) atoms. The van der Waals surface area contributed by atoms with E-state index in [0.717, 1.165) is 17.4 Å². The van der Waals surface area contributed by atoms with Gasteiger partial charge in [0.25, 0.3) is 0 Å². The van der Waals surface area contributed by atoms with E-state index in [0.29, 0.717) is 16.6 Å². The normalized spacial score (nSPS) is 23.0. The van der Waals surface area contributed by atoms with E-state index in [1.54, 1.807) is 6.07 Å². The van der Waals surface area contributed by atoms with E-state index in [1.165, 1.54) is 25.7 Å². The summed E-state index contributed by atoms with van der Waals surface area (Å²) in [6.07, 6.45) is 7.35. The van der Waals surface area contributed by atoms with Gasteiger partial charge in [0.05, 0.1) is 11.6 Å². The van der Waals surface area contributed by atoms with Crippen LogP contribution in [0.3, 0.4) is 0 Å². The Kier molecular flexibility index (Phi) is 5.57. The van der Waals surface area contributed by atoms with Gasteiger partial charge in [-0.3, -0.25) is 0 Å². The van der Waals surface area contributed by atoms with E-state index in [9.17, 15) is 0 Å². The van der Waals surface area contributed by atoms with Crippen LogP contribution in [-0.4, -0.2) is 17.5 Å². The number of nitrogens with one attached hydrogen (secondary N) is 1. The number of rotatable bonds is 4. The van der Waals surface area contributed by atoms with Gasteiger partial charge in [0, 0.05) is 22.9 Å². The second kappa shape index (κ2) is 7.19. The second-order valence-electron chi connectivity index (χ2n) is 5.02. The van der Waals surface area contributed by atoms with Crippen LogP contribution in [0.5, 0.6) is 0 Å². The molecule has 0 aliphatic heterocycles. The first-order valence-corrected chi connectivity index (χ1v) is 8.34. The highest BCUT2D eigenvalue weighted by Gasteiger charge is 2.20. The molecule has 1 aliphatic rings. The molecular formula is C15H19ClN2S. The summed E-state index contributed by atoms with van der Waals surface area (Å²) < 4.78 is 0. The molecule has 0 spiro atoms. The Morgan fingerprint density at radius 1 is 1.47 bits per heavy atom. The third-order valence-corrected chi connectivity index (χ3v) is 5.17. The molecule has 2 rings (SSSR count). The lowest BCUT2D eigenvalue weighted by atomic mass is 9.95. The molecule has 0 bridgehead atoms. The zero-order valence-electron chi connectivity index (χ0n) is 11.2. The van der Waals surface area contributed by atoms with Crippen LogP contribution in [0.4, 0.5) is 0 Å². The van der Waals surface area contributed by atoms with Crippen LogP contribution in [0, 0.1) is 11.3 Å². The Labute approximate surface area is 124 Å². The maximum Gasteiger partial charge on any atom is 0.0992 e. The predicted octanol–water partition coefficient (Wildman–Crippen LogP) is 3.98. The number of hydrogen-bond acceptors (Lipinski definition) is 3. The Morgan fingerprint density at radius 3 is 3.00 bits per heavy atom. The minimum Gasteiger partial charge on any atom is -0.310 e. The summed E-state index contributed by atoms with van der Waals surface area (Å²) in [4.78, 5) is 0. The molecule has 4 heteroatoms. The number of thioether (sulfide) groups is 1. The van der Waals surface area contributed by atoms with Crippen molar-refractivity contribution >= 4 is 23.4 Å². The smallest absolute Gasteiger partial charge is 0.0992 e. The molecule has 2 unspecified atom stereocenters. The lowest BCUT2D eigenvalue weighted by Gasteiger charge is -2.29. The van der Waals surface area contributed by atoms with Crippen molar-refractivity contribution in [3.63, 3.8) is 0 Å². The van der Waals surface area contributed by atoms with Gasteiger partial charge in [-0.25, -0.2) is 0 Å². The summed E-state index contributed by atoms with van der Waals surface area (Å²) in [5.41, 5.74) is 1.70. The van der Waals surface area contributed by atoms with Crippen molar-refractivity contribution in [1.29, 1.82) is 5.26 Å². The maximum atomic E-state index is 8.82. The zero-order valence-corrected chi connectivity index (χ0v) is 12.7. The second-order valence-corrected chi connectivity index (χ2v) is 6.57. The molecule has 1 aliphatic carbocycles. The van der Waals surface area contributed by atoms with Crippen molar-refractivity contribution in [1.82, 2.24) is 5.32 Å². The SMILES string of the molecule is CSC1CCCC(NCc2ccc(C#N)cc2Cl)C1. The Morgan fingerprint density at radius 2 is 2.32 bits per heavy atom. The zero-order chi connectivity index (χ0) is 13.7. The lowest BCUT2D eigenvalue weighted by Crippen LogP contribution is -2.34. The van der Waals surface area contributed by atoms with E-state index in [2.05, 4.69) is 17.6 Å². The summed E-state index contributed by atoms with van der Waals surface area (Å²) in [5, 5.41) is 13.9. The van der Waals surface area contributed by atoms with Crippen LogP contribution in [0.1, 0.15) is 36.8 Å². The van der Waals surface area contributed by atoms with Gasteiger partial charge in [-0.1, -0.05) is 24.1 Å². The van der Waals surface area contributed by atoms with Crippen molar-refractivity contribution < 1.29 is 0 Å². The standard InChI is InChI=1S/C15H19ClN2S/c1-19-14-4-2-3-13(8-14)18-10-12-6-5-11(9-17)7-15(12)16/h5-7,13-14,18H,2-4,8,10H2,1H3. The van der Waals surface area contributed by atoms with Gasteiger partial charge in [-0.15, -0.1) is 0 Å². The van der Waals surface area contributed by atoms with E-state index >= 15 is 0 Å². The molecule has 102 valence electrons. The summed E-state index contributed by atoms with van der Waals surface area (Å²) >= 11 is 8.16. The monoisotopic (exact) mass is 294 g/mol. The Balaban J connectivity index is 1.90. The Bertz CT molecular complexity index is 470. The number of benzene rings is 1. The van der Waals surface area contributed by atoms with Crippen LogP contribution >= 0.6 is 23.4 Å². The molecule has 0 saturated heterocycles. The quantitative estimate of drug-likeness (QED) is 0.912. The first-order chi connectivity index (χ1) is 9.22. The van der Waals surface area contributed by atoms with Crippen molar-refractivity contribution in [2.24, 2.45) is 0 Å². The average molecular weight is 295 g/mol. The van der Waals surface area contributed by atoms with Crippen LogP contribution < -0.4 is 5.32 Å². The molecule has 2 atom stereocenters. The summed E-state index contributed by atoms with van der Waals surface area (Å²) in [7, 11) is 0. The molecule has 1 aromatic rings. The van der Waals surface area contributed by atoms with Gasteiger partial charge in [0.15, 0.2) is 0 Å². The molecule has 1 N–H and O–H groups in total. The fourth-order valence-corrected chi connectivity index (χ4v) is 3.63.